The summed E-state index contributed by atoms with van der Waals surface area (Å²) in [4.78, 5) is 12.8. The van der Waals surface area contributed by atoms with Gasteiger partial charge in [-0.2, -0.15) is 0 Å². The molecule has 150 valence electrons. The average molecular weight is 401 g/mol. The van der Waals surface area contributed by atoms with Crippen LogP contribution in [0.1, 0.15) is 35.1 Å². The molecule has 6 heteroatoms. The Morgan fingerprint density at radius 1 is 1.11 bits per heavy atom. The van der Waals surface area contributed by atoms with Crippen molar-refractivity contribution in [2.45, 2.75) is 39.4 Å². The molecule has 1 atom stereocenters. The monoisotopic (exact) mass is 400 g/mol. The lowest BCUT2D eigenvalue weighted by molar-refractivity contribution is -0.120. The number of sulfonamides is 1. The molecule has 1 N–H and O–H groups in total. The minimum atomic E-state index is -3.46. The Balaban J connectivity index is 1.70. The maximum atomic E-state index is 12.9. The number of anilines is 1. The van der Waals surface area contributed by atoms with Gasteiger partial charge in [-0.05, 0) is 61.9 Å². The summed E-state index contributed by atoms with van der Waals surface area (Å²) in [6, 6.07) is 13.5. The van der Waals surface area contributed by atoms with Crippen LogP contribution in [-0.2, 0) is 20.6 Å². The molecular formula is C22H28N2O3S. The zero-order chi connectivity index (χ0) is 20.3. The first kappa shape index (κ1) is 20.6. The molecule has 0 spiro atoms. The molecule has 0 radical (unpaired) electrons. The molecule has 1 aliphatic rings. The van der Waals surface area contributed by atoms with Gasteiger partial charge in [-0.25, -0.2) is 12.7 Å². The molecule has 1 amide bonds. The smallest absolute Gasteiger partial charge is 0.228 e. The fraction of sp³-hybridized carbons (Fsp3) is 0.409. The van der Waals surface area contributed by atoms with E-state index in [1.54, 1.807) is 0 Å². The normalized spacial score (nSPS) is 18.0. The summed E-state index contributed by atoms with van der Waals surface area (Å²) in [6.07, 6.45) is 1.39. The molecule has 2 aromatic carbocycles. The van der Waals surface area contributed by atoms with Crippen molar-refractivity contribution in [3.63, 3.8) is 0 Å². The van der Waals surface area contributed by atoms with Crippen LogP contribution in [0.2, 0.25) is 0 Å². The van der Waals surface area contributed by atoms with E-state index in [-0.39, 0.29) is 24.1 Å². The molecule has 0 bridgehead atoms. The van der Waals surface area contributed by atoms with E-state index in [2.05, 4.69) is 5.32 Å². The Morgan fingerprint density at radius 3 is 2.61 bits per heavy atom. The van der Waals surface area contributed by atoms with E-state index in [0.717, 1.165) is 27.9 Å². The summed E-state index contributed by atoms with van der Waals surface area (Å²) in [7, 11) is -3.46. The van der Waals surface area contributed by atoms with Crippen LogP contribution in [0.3, 0.4) is 0 Å². The Morgan fingerprint density at radius 2 is 1.86 bits per heavy atom. The molecule has 1 unspecified atom stereocenters. The van der Waals surface area contributed by atoms with Crippen molar-refractivity contribution < 1.29 is 13.2 Å². The van der Waals surface area contributed by atoms with Crippen molar-refractivity contribution in [1.29, 1.82) is 0 Å². The summed E-state index contributed by atoms with van der Waals surface area (Å²) in [6.45, 7) is 6.57. The molecule has 1 heterocycles. The van der Waals surface area contributed by atoms with Gasteiger partial charge in [0.1, 0.15) is 0 Å². The minimum Gasteiger partial charge on any atom is -0.326 e. The molecule has 1 aliphatic heterocycles. The van der Waals surface area contributed by atoms with Crippen molar-refractivity contribution in [3.05, 3.63) is 64.7 Å². The van der Waals surface area contributed by atoms with E-state index < -0.39 is 10.0 Å². The molecule has 2 aromatic rings. The summed E-state index contributed by atoms with van der Waals surface area (Å²) in [5.74, 6) is -0.463. The van der Waals surface area contributed by atoms with Crippen LogP contribution < -0.4 is 5.32 Å². The van der Waals surface area contributed by atoms with E-state index in [1.807, 2.05) is 63.2 Å². The molecule has 28 heavy (non-hydrogen) atoms. The lowest BCUT2D eigenvalue weighted by atomic mass is 9.98. The van der Waals surface area contributed by atoms with Gasteiger partial charge < -0.3 is 5.32 Å². The third kappa shape index (κ3) is 4.80. The number of amides is 1. The number of nitrogens with zero attached hydrogens (tertiary/aromatic N) is 1. The number of hydrogen-bond acceptors (Lipinski definition) is 3. The SMILES string of the molecule is Cc1ccc(C)c(NC(=O)C2CCCN(S(=O)(=O)Cc3ccccc3C)C2)c1. The molecule has 1 fully saturated rings. The summed E-state index contributed by atoms with van der Waals surface area (Å²) in [5.41, 5.74) is 4.65. The number of benzene rings is 2. The second kappa shape index (κ2) is 8.45. The first-order chi connectivity index (χ1) is 13.3. The third-order valence-corrected chi connectivity index (χ3v) is 7.19. The average Bonchev–Trinajstić information content (AvgIpc) is 2.66. The Bertz CT molecular complexity index is 969. The van der Waals surface area contributed by atoms with Crippen molar-refractivity contribution >= 4 is 21.6 Å². The van der Waals surface area contributed by atoms with Gasteiger partial charge in [0.15, 0.2) is 0 Å². The fourth-order valence-electron chi connectivity index (χ4n) is 3.57. The van der Waals surface area contributed by atoms with E-state index in [4.69, 9.17) is 0 Å². The Kier molecular flexibility index (Phi) is 6.20. The molecule has 5 nitrogen and oxygen atoms in total. The quantitative estimate of drug-likeness (QED) is 0.830. The summed E-state index contributed by atoms with van der Waals surface area (Å²) in [5, 5.41) is 2.99. The minimum absolute atomic E-state index is 0.0228. The van der Waals surface area contributed by atoms with Gasteiger partial charge >= 0.3 is 0 Å². The summed E-state index contributed by atoms with van der Waals surface area (Å²) < 4.78 is 27.3. The van der Waals surface area contributed by atoms with Gasteiger partial charge in [0.25, 0.3) is 0 Å². The molecule has 0 saturated carbocycles. The van der Waals surface area contributed by atoms with Crippen LogP contribution in [0.15, 0.2) is 42.5 Å². The van der Waals surface area contributed by atoms with E-state index in [9.17, 15) is 13.2 Å². The van der Waals surface area contributed by atoms with Crippen LogP contribution in [0, 0.1) is 26.7 Å². The van der Waals surface area contributed by atoms with Gasteiger partial charge in [0.05, 0.1) is 11.7 Å². The van der Waals surface area contributed by atoms with Gasteiger partial charge in [0, 0.05) is 18.8 Å². The third-order valence-electron chi connectivity index (χ3n) is 5.40. The summed E-state index contributed by atoms with van der Waals surface area (Å²) >= 11 is 0. The number of piperidine rings is 1. The van der Waals surface area contributed by atoms with Gasteiger partial charge in [0.2, 0.25) is 15.9 Å². The molecular weight excluding hydrogens is 372 g/mol. The Hall–Kier alpha value is -2.18. The van der Waals surface area contributed by atoms with Gasteiger partial charge in [-0.15, -0.1) is 0 Å². The van der Waals surface area contributed by atoms with Crippen LogP contribution >= 0.6 is 0 Å². The highest BCUT2D eigenvalue weighted by Crippen LogP contribution is 2.24. The number of carbonyl (C=O) groups excluding carboxylic acids is 1. The first-order valence-electron chi connectivity index (χ1n) is 9.67. The number of rotatable bonds is 5. The van der Waals surface area contributed by atoms with E-state index >= 15 is 0 Å². The number of aryl methyl sites for hydroxylation is 3. The van der Waals surface area contributed by atoms with Crippen molar-refractivity contribution in [2.75, 3.05) is 18.4 Å². The van der Waals surface area contributed by atoms with Crippen molar-refractivity contribution in [3.8, 4) is 0 Å². The van der Waals surface area contributed by atoms with Crippen molar-refractivity contribution in [2.24, 2.45) is 5.92 Å². The van der Waals surface area contributed by atoms with Crippen LogP contribution in [0.5, 0.6) is 0 Å². The van der Waals surface area contributed by atoms with Gasteiger partial charge in [-0.1, -0.05) is 36.4 Å². The molecule has 3 rings (SSSR count). The molecule has 0 aliphatic carbocycles. The number of carbonyl (C=O) groups is 1. The Labute approximate surface area is 167 Å². The maximum Gasteiger partial charge on any atom is 0.228 e. The van der Waals surface area contributed by atoms with Crippen LogP contribution in [0.25, 0.3) is 0 Å². The standard InChI is InChI=1S/C22H28N2O3S/c1-16-10-11-18(3)21(13-16)23-22(25)19-9-6-12-24(14-19)28(26,27)15-20-8-5-4-7-17(20)2/h4-5,7-8,10-11,13,19H,6,9,12,14-15H2,1-3H3,(H,23,25). The topological polar surface area (TPSA) is 66.5 Å². The predicted octanol–water partition coefficient (Wildman–Crippen LogP) is 3.79. The van der Waals surface area contributed by atoms with Gasteiger partial charge in [-0.3, -0.25) is 4.79 Å². The lowest BCUT2D eigenvalue weighted by Crippen LogP contribution is -2.44. The van der Waals surface area contributed by atoms with Crippen molar-refractivity contribution in [1.82, 2.24) is 4.31 Å². The van der Waals surface area contributed by atoms with Crippen LogP contribution in [0.4, 0.5) is 5.69 Å². The number of nitrogens with one attached hydrogen (secondary N) is 1. The zero-order valence-electron chi connectivity index (χ0n) is 16.7. The highest BCUT2D eigenvalue weighted by Gasteiger charge is 2.32. The predicted molar refractivity (Wildman–Crippen MR) is 113 cm³/mol. The largest absolute Gasteiger partial charge is 0.326 e. The van der Waals surface area contributed by atoms with E-state index in [1.165, 1.54) is 4.31 Å². The highest BCUT2D eigenvalue weighted by molar-refractivity contribution is 7.88. The first-order valence-corrected chi connectivity index (χ1v) is 11.3. The highest BCUT2D eigenvalue weighted by atomic mass is 32.2. The second-order valence-corrected chi connectivity index (χ2v) is 9.66. The second-order valence-electron chi connectivity index (χ2n) is 7.69. The fourth-order valence-corrected chi connectivity index (χ4v) is 5.29. The zero-order valence-corrected chi connectivity index (χ0v) is 17.6. The number of hydrogen-bond donors (Lipinski definition) is 1. The molecule has 0 aromatic heterocycles. The lowest BCUT2D eigenvalue weighted by Gasteiger charge is -2.31. The van der Waals surface area contributed by atoms with Crippen LogP contribution in [-0.4, -0.2) is 31.7 Å². The maximum absolute atomic E-state index is 12.9. The van der Waals surface area contributed by atoms with E-state index in [0.29, 0.717) is 19.4 Å². The molecule has 1 saturated heterocycles.